The Morgan fingerprint density at radius 2 is 1.81 bits per heavy atom. The second-order valence-electron chi connectivity index (χ2n) is 5.78. The maximum Gasteiger partial charge on any atom is 0.265 e. The van der Waals surface area contributed by atoms with Crippen molar-refractivity contribution >= 4 is 21.6 Å². The Balaban J connectivity index is 2.13. The van der Waals surface area contributed by atoms with E-state index in [9.17, 15) is 13.2 Å². The van der Waals surface area contributed by atoms with E-state index >= 15 is 0 Å². The number of methoxy groups -OCH3 is 2. The van der Waals surface area contributed by atoms with E-state index in [-0.39, 0.29) is 10.8 Å². The summed E-state index contributed by atoms with van der Waals surface area (Å²) in [6, 6.07) is 10.6. The Morgan fingerprint density at radius 1 is 1.12 bits per heavy atom. The number of para-hydroxylation sites is 1. The van der Waals surface area contributed by atoms with Gasteiger partial charge in [-0.3, -0.25) is 9.10 Å². The molecule has 0 aliphatic carbocycles. The average Bonchev–Trinajstić information content (AvgIpc) is 3.07. The van der Waals surface area contributed by atoms with Crippen LogP contribution in [0.25, 0.3) is 0 Å². The Labute approximate surface area is 152 Å². The van der Waals surface area contributed by atoms with E-state index in [1.807, 2.05) is 12.1 Å². The molecule has 0 aromatic heterocycles. The smallest absolute Gasteiger partial charge is 0.265 e. The van der Waals surface area contributed by atoms with E-state index in [2.05, 4.69) is 5.32 Å². The van der Waals surface area contributed by atoms with Crippen molar-refractivity contribution in [3.63, 3.8) is 0 Å². The predicted molar refractivity (Wildman–Crippen MR) is 97.2 cm³/mol. The quantitative estimate of drug-likeness (QED) is 0.856. The SMILES string of the molecule is CNC(=O)C1Cc2ccccc2N1S(=O)(=O)c1ccc(OC)c(OC)c1. The Morgan fingerprint density at radius 3 is 2.46 bits per heavy atom. The topological polar surface area (TPSA) is 84.9 Å². The molecule has 0 saturated heterocycles. The molecule has 1 aliphatic heterocycles. The normalized spacial score (nSPS) is 16.1. The van der Waals surface area contributed by atoms with Crippen LogP contribution in [0.3, 0.4) is 0 Å². The predicted octanol–water partition coefficient (Wildman–Crippen LogP) is 1.57. The standard InChI is InChI=1S/C18H20N2O5S/c1-19-18(21)15-10-12-6-4-5-7-14(12)20(15)26(22,23)13-8-9-16(24-2)17(11-13)25-3/h4-9,11,15H,10H2,1-3H3,(H,19,21). The van der Waals surface area contributed by atoms with Gasteiger partial charge in [-0.1, -0.05) is 18.2 Å². The van der Waals surface area contributed by atoms with Gasteiger partial charge in [0.15, 0.2) is 11.5 Å². The molecule has 7 nitrogen and oxygen atoms in total. The maximum atomic E-state index is 13.3. The molecule has 0 spiro atoms. The molecule has 1 aliphatic rings. The van der Waals surface area contributed by atoms with Gasteiger partial charge < -0.3 is 14.8 Å². The highest BCUT2D eigenvalue weighted by Crippen LogP contribution is 2.38. The summed E-state index contributed by atoms with van der Waals surface area (Å²) in [6.07, 6.45) is 0.322. The van der Waals surface area contributed by atoms with Crippen LogP contribution in [0.2, 0.25) is 0 Å². The highest BCUT2D eigenvalue weighted by Gasteiger charge is 2.42. The number of amides is 1. The molecule has 1 atom stereocenters. The molecule has 2 aromatic rings. The van der Waals surface area contributed by atoms with Gasteiger partial charge in [0.05, 0.1) is 24.8 Å². The summed E-state index contributed by atoms with van der Waals surface area (Å²) in [5.74, 6) is 0.374. The summed E-state index contributed by atoms with van der Waals surface area (Å²) in [7, 11) is 0.429. The number of ether oxygens (including phenoxy) is 2. The molecule has 3 rings (SSSR count). The zero-order valence-corrected chi connectivity index (χ0v) is 15.5. The molecular formula is C18H20N2O5S. The molecule has 0 fully saturated rings. The lowest BCUT2D eigenvalue weighted by molar-refractivity contribution is -0.121. The summed E-state index contributed by atoms with van der Waals surface area (Å²) >= 11 is 0. The van der Waals surface area contributed by atoms with Gasteiger partial charge in [-0.25, -0.2) is 8.42 Å². The molecule has 0 bridgehead atoms. The number of hydrogen-bond acceptors (Lipinski definition) is 5. The second-order valence-corrected chi connectivity index (χ2v) is 7.60. The number of rotatable bonds is 5. The third-order valence-corrected chi connectivity index (χ3v) is 6.20. The molecule has 1 N–H and O–H groups in total. The Hall–Kier alpha value is -2.74. The van der Waals surface area contributed by atoms with Gasteiger partial charge in [0.2, 0.25) is 5.91 Å². The zero-order chi connectivity index (χ0) is 18.9. The molecule has 1 heterocycles. The lowest BCUT2D eigenvalue weighted by Crippen LogP contribution is -2.47. The number of anilines is 1. The van der Waals surface area contributed by atoms with Crippen molar-refractivity contribution < 1.29 is 22.7 Å². The second kappa shape index (κ2) is 6.87. The Bertz CT molecular complexity index is 942. The lowest BCUT2D eigenvalue weighted by atomic mass is 10.1. The molecule has 0 radical (unpaired) electrons. The fourth-order valence-electron chi connectivity index (χ4n) is 3.11. The number of benzene rings is 2. The van der Waals surface area contributed by atoms with Crippen molar-refractivity contribution in [2.75, 3.05) is 25.6 Å². The molecule has 8 heteroatoms. The summed E-state index contributed by atoms with van der Waals surface area (Å²) in [4.78, 5) is 12.4. The van der Waals surface area contributed by atoms with Crippen LogP contribution in [-0.2, 0) is 21.2 Å². The first-order valence-electron chi connectivity index (χ1n) is 8.00. The van der Waals surface area contributed by atoms with E-state index in [0.29, 0.717) is 23.6 Å². The van der Waals surface area contributed by atoms with Crippen molar-refractivity contribution in [1.29, 1.82) is 0 Å². The van der Waals surface area contributed by atoms with Gasteiger partial charge in [-0.2, -0.15) is 0 Å². The van der Waals surface area contributed by atoms with Crippen LogP contribution in [0, 0.1) is 0 Å². The summed E-state index contributed by atoms with van der Waals surface area (Å²) in [5.41, 5.74) is 1.32. The number of sulfonamides is 1. The summed E-state index contributed by atoms with van der Waals surface area (Å²) in [6.45, 7) is 0. The van der Waals surface area contributed by atoms with Gasteiger partial charge in [-0.05, 0) is 23.8 Å². The first-order valence-corrected chi connectivity index (χ1v) is 9.44. The number of hydrogen-bond donors (Lipinski definition) is 1. The number of nitrogens with one attached hydrogen (secondary N) is 1. The van der Waals surface area contributed by atoms with Gasteiger partial charge in [0.1, 0.15) is 6.04 Å². The number of carbonyl (C=O) groups excluding carboxylic acids is 1. The molecular weight excluding hydrogens is 356 g/mol. The molecule has 2 aromatic carbocycles. The van der Waals surface area contributed by atoms with Gasteiger partial charge in [-0.15, -0.1) is 0 Å². The van der Waals surface area contributed by atoms with Crippen LogP contribution in [0.5, 0.6) is 11.5 Å². The third-order valence-electron chi connectivity index (χ3n) is 4.39. The van der Waals surface area contributed by atoms with E-state index in [0.717, 1.165) is 5.56 Å². The van der Waals surface area contributed by atoms with Gasteiger partial charge >= 0.3 is 0 Å². The minimum atomic E-state index is -3.98. The van der Waals surface area contributed by atoms with E-state index in [1.165, 1.54) is 43.8 Å². The Kier molecular flexibility index (Phi) is 4.78. The van der Waals surface area contributed by atoms with Crippen LogP contribution in [0.1, 0.15) is 5.56 Å². The van der Waals surface area contributed by atoms with Crippen LogP contribution >= 0.6 is 0 Å². The monoisotopic (exact) mass is 376 g/mol. The highest BCUT2D eigenvalue weighted by atomic mass is 32.2. The van der Waals surface area contributed by atoms with E-state index in [1.54, 1.807) is 12.1 Å². The molecule has 0 saturated carbocycles. The summed E-state index contributed by atoms with van der Waals surface area (Å²) in [5, 5.41) is 2.55. The average molecular weight is 376 g/mol. The molecule has 26 heavy (non-hydrogen) atoms. The van der Waals surface area contributed by atoms with Gasteiger partial charge in [0.25, 0.3) is 10.0 Å². The van der Waals surface area contributed by atoms with Crippen LogP contribution in [0.15, 0.2) is 47.4 Å². The molecule has 1 amide bonds. The lowest BCUT2D eigenvalue weighted by Gasteiger charge is -2.26. The van der Waals surface area contributed by atoms with Crippen molar-refractivity contribution in [3.05, 3.63) is 48.0 Å². The largest absolute Gasteiger partial charge is 0.493 e. The minimum absolute atomic E-state index is 0.0285. The van der Waals surface area contributed by atoms with Crippen molar-refractivity contribution in [1.82, 2.24) is 5.32 Å². The fraction of sp³-hybridized carbons (Fsp3) is 0.278. The summed E-state index contributed by atoms with van der Waals surface area (Å²) < 4.78 is 38.3. The van der Waals surface area contributed by atoms with Crippen molar-refractivity contribution in [2.24, 2.45) is 0 Å². The number of nitrogens with zero attached hydrogens (tertiary/aromatic N) is 1. The number of carbonyl (C=O) groups is 1. The van der Waals surface area contributed by atoms with Crippen molar-refractivity contribution in [2.45, 2.75) is 17.4 Å². The zero-order valence-electron chi connectivity index (χ0n) is 14.7. The number of fused-ring (bicyclic) bond motifs is 1. The first kappa shape index (κ1) is 18.1. The first-order chi connectivity index (χ1) is 12.4. The number of likely N-dealkylation sites (N-methyl/N-ethyl adjacent to an activating group) is 1. The highest BCUT2D eigenvalue weighted by molar-refractivity contribution is 7.93. The van der Waals surface area contributed by atoms with Crippen LogP contribution in [-0.4, -0.2) is 41.6 Å². The minimum Gasteiger partial charge on any atom is -0.493 e. The van der Waals surface area contributed by atoms with E-state index < -0.39 is 16.1 Å². The van der Waals surface area contributed by atoms with E-state index in [4.69, 9.17) is 9.47 Å². The van der Waals surface area contributed by atoms with Gasteiger partial charge in [0, 0.05) is 19.5 Å². The van der Waals surface area contributed by atoms with Crippen LogP contribution < -0.4 is 19.1 Å². The van der Waals surface area contributed by atoms with Crippen LogP contribution in [0.4, 0.5) is 5.69 Å². The maximum absolute atomic E-state index is 13.3. The third kappa shape index (κ3) is 2.86. The van der Waals surface area contributed by atoms with Crippen molar-refractivity contribution in [3.8, 4) is 11.5 Å². The molecule has 138 valence electrons. The molecule has 1 unspecified atom stereocenters. The fourth-order valence-corrected chi connectivity index (χ4v) is 4.78.